The first-order valence-electron chi connectivity index (χ1n) is 4.96. The van der Waals surface area contributed by atoms with Crippen LogP contribution in [0.3, 0.4) is 0 Å². The lowest BCUT2D eigenvalue weighted by Crippen LogP contribution is -2.03. The molecule has 2 aromatic rings. The lowest BCUT2D eigenvalue weighted by molar-refractivity contribution is 0.413. The molecular weight excluding hydrogens is 205 g/mol. The molecule has 0 spiro atoms. The van der Waals surface area contributed by atoms with Crippen molar-refractivity contribution in [2.45, 2.75) is 0 Å². The third-order valence-corrected chi connectivity index (χ3v) is 2.26. The third kappa shape index (κ3) is 2.14. The quantitative estimate of drug-likeness (QED) is 0.726. The molecule has 82 valence electrons. The van der Waals surface area contributed by atoms with Crippen LogP contribution in [0.15, 0.2) is 54.6 Å². The summed E-state index contributed by atoms with van der Waals surface area (Å²) in [6.07, 6.45) is 0. The first-order valence-corrected chi connectivity index (χ1v) is 4.96. The van der Waals surface area contributed by atoms with Crippen LogP contribution >= 0.6 is 0 Å². The first-order chi connectivity index (χ1) is 7.81. The SMILES string of the molecule is COc1cccc(N(F)c2ccccc2)c1. The number of methoxy groups -OCH3 is 1. The van der Waals surface area contributed by atoms with Crippen molar-refractivity contribution in [1.29, 1.82) is 0 Å². The monoisotopic (exact) mass is 217 g/mol. The van der Waals surface area contributed by atoms with Gasteiger partial charge in [-0.05, 0) is 24.3 Å². The Labute approximate surface area is 93.8 Å². The highest BCUT2D eigenvalue weighted by Crippen LogP contribution is 2.28. The average Bonchev–Trinajstić information content (AvgIpc) is 2.39. The van der Waals surface area contributed by atoms with E-state index in [0.717, 1.165) is 0 Å². The molecule has 16 heavy (non-hydrogen) atoms. The normalized spacial score (nSPS) is 9.88. The molecule has 0 fully saturated rings. The minimum absolute atomic E-state index is 0.450. The van der Waals surface area contributed by atoms with Gasteiger partial charge in [0.15, 0.2) is 0 Å². The summed E-state index contributed by atoms with van der Waals surface area (Å²) in [6.45, 7) is 0. The van der Waals surface area contributed by atoms with E-state index in [1.165, 1.54) is 0 Å². The molecule has 0 aliphatic carbocycles. The summed E-state index contributed by atoms with van der Waals surface area (Å²) in [7, 11) is 1.56. The Hall–Kier alpha value is -2.03. The fourth-order valence-corrected chi connectivity index (χ4v) is 1.44. The van der Waals surface area contributed by atoms with E-state index in [1.54, 1.807) is 55.6 Å². The molecule has 0 amide bonds. The Balaban J connectivity index is 2.30. The van der Waals surface area contributed by atoms with Crippen LogP contribution in [0.4, 0.5) is 15.9 Å². The summed E-state index contributed by atoms with van der Waals surface area (Å²) in [4.78, 5) is 0. The number of rotatable bonds is 3. The van der Waals surface area contributed by atoms with Crippen molar-refractivity contribution < 1.29 is 9.22 Å². The number of hydrogen-bond donors (Lipinski definition) is 0. The highest BCUT2D eigenvalue weighted by Gasteiger charge is 2.07. The molecule has 0 saturated heterocycles. The summed E-state index contributed by atoms with van der Waals surface area (Å²) in [5.41, 5.74) is 0.946. The maximum absolute atomic E-state index is 14.0. The van der Waals surface area contributed by atoms with E-state index in [4.69, 9.17) is 4.74 Å². The van der Waals surface area contributed by atoms with Gasteiger partial charge in [-0.1, -0.05) is 28.7 Å². The highest BCUT2D eigenvalue weighted by molar-refractivity contribution is 5.61. The molecule has 3 heteroatoms. The molecular formula is C13H12FNO. The van der Waals surface area contributed by atoms with E-state index in [-0.39, 0.29) is 0 Å². The molecule has 0 N–H and O–H groups in total. The van der Waals surface area contributed by atoms with Crippen LogP contribution in [0.5, 0.6) is 5.75 Å². The summed E-state index contributed by atoms with van der Waals surface area (Å²) < 4.78 is 19.0. The second kappa shape index (κ2) is 4.66. The fraction of sp³-hybridized carbons (Fsp3) is 0.0769. The average molecular weight is 217 g/mol. The van der Waals surface area contributed by atoms with Gasteiger partial charge < -0.3 is 4.74 Å². The van der Waals surface area contributed by atoms with Gasteiger partial charge in [-0.2, -0.15) is 5.12 Å². The Bertz CT molecular complexity index is 458. The predicted molar refractivity (Wildman–Crippen MR) is 62.7 cm³/mol. The Morgan fingerprint density at radius 1 is 0.938 bits per heavy atom. The zero-order valence-electron chi connectivity index (χ0n) is 8.93. The lowest BCUT2D eigenvalue weighted by atomic mass is 10.2. The summed E-state index contributed by atoms with van der Waals surface area (Å²) >= 11 is 0. The second-order valence-electron chi connectivity index (χ2n) is 3.32. The van der Waals surface area contributed by atoms with Crippen LogP contribution in [0.2, 0.25) is 0 Å². The molecule has 0 bridgehead atoms. The van der Waals surface area contributed by atoms with E-state index in [1.807, 2.05) is 6.07 Å². The lowest BCUT2D eigenvalue weighted by Gasteiger charge is -2.14. The summed E-state index contributed by atoms with van der Waals surface area (Å²) in [5.74, 6) is 0.635. The van der Waals surface area contributed by atoms with Gasteiger partial charge in [0.05, 0.1) is 18.5 Å². The highest BCUT2D eigenvalue weighted by atomic mass is 19.2. The predicted octanol–water partition coefficient (Wildman–Crippen LogP) is 3.72. The maximum Gasteiger partial charge on any atom is 0.121 e. The number of nitrogens with zero attached hydrogens (tertiary/aromatic N) is 1. The fourth-order valence-electron chi connectivity index (χ4n) is 1.44. The number of ether oxygens (including phenoxy) is 1. The van der Waals surface area contributed by atoms with Gasteiger partial charge in [0.1, 0.15) is 5.75 Å². The van der Waals surface area contributed by atoms with Crippen molar-refractivity contribution in [3.05, 3.63) is 54.6 Å². The second-order valence-corrected chi connectivity index (χ2v) is 3.32. The van der Waals surface area contributed by atoms with Crippen LogP contribution in [-0.2, 0) is 0 Å². The Kier molecular flexibility index (Phi) is 3.05. The van der Waals surface area contributed by atoms with E-state index >= 15 is 0 Å². The van der Waals surface area contributed by atoms with Gasteiger partial charge in [0.25, 0.3) is 0 Å². The molecule has 0 atom stereocenters. The van der Waals surface area contributed by atoms with Crippen molar-refractivity contribution in [2.75, 3.05) is 12.2 Å². The first kappa shape index (κ1) is 10.5. The van der Waals surface area contributed by atoms with Crippen molar-refractivity contribution in [3.8, 4) is 5.75 Å². The smallest absolute Gasteiger partial charge is 0.121 e. The van der Waals surface area contributed by atoms with Crippen LogP contribution in [0.25, 0.3) is 0 Å². The van der Waals surface area contributed by atoms with E-state index in [9.17, 15) is 4.48 Å². The zero-order chi connectivity index (χ0) is 11.4. The molecule has 2 rings (SSSR count). The van der Waals surface area contributed by atoms with E-state index in [2.05, 4.69) is 0 Å². The summed E-state index contributed by atoms with van der Waals surface area (Å²) in [5, 5.41) is 0.628. The van der Waals surface area contributed by atoms with Gasteiger partial charge in [-0.15, -0.1) is 0 Å². The van der Waals surface area contributed by atoms with Crippen LogP contribution in [0, 0.1) is 0 Å². The van der Waals surface area contributed by atoms with Gasteiger partial charge >= 0.3 is 0 Å². The van der Waals surface area contributed by atoms with Crippen LogP contribution < -0.4 is 9.86 Å². The minimum Gasteiger partial charge on any atom is -0.497 e. The topological polar surface area (TPSA) is 12.5 Å². The molecule has 2 nitrogen and oxygen atoms in total. The number of anilines is 2. The zero-order valence-corrected chi connectivity index (χ0v) is 8.93. The minimum atomic E-state index is 0.450. The molecule has 0 saturated carbocycles. The van der Waals surface area contributed by atoms with Crippen molar-refractivity contribution in [1.82, 2.24) is 0 Å². The standard InChI is InChI=1S/C13H12FNO/c1-16-13-9-5-8-12(10-13)15(14)11-6-3-2-4-7-11/h2-10H,1H3. The largest absolute Gasteiger partial charge is 0.497 e. The molecule has 0 radical (unpaired) electrons. The third-order valence-electron chi connectivity index (χ3n) is 2.26. The van der Waals surface area contributed by atoms with Crippen molar-refractivity contribution in [3.63, 3.8) is 0 Å². The van der Waals surface area contributed by atoms with Gasteiger partial charge in [-0.25, -0.2) is 0 Å². The molecule has 0 aliphatic rings. The number of benzene rings is 2. The van der Waals surface area contributed by atoms with Gasteiger partial charge in [0.2, 0.25) is 0 Å². The van der Waals surface area contributed by atoms with Gasteiger partial charge in [-0.3, -0.25) is 0 Å². The summed E-state index contributed by atoms with van der Waals surface area (Å²) in [6, 6.07) is 15.7. The number of para-hydroxylation sites is 1. The van der Waals surface area contributed by atoms with E-state index in [0.29, 0.717) is 22.2 Å². The van der Waals surface area contributed by atoms with Crippen LogP contribution in [0.1, 0.15) is 0 Å². The number of hydrogen-bond acceptors (Lipinski definition) is 2. The molecule has 0 heterocycles. The Morgan fingerprint density at radius 2 is 1.62 bits per heavy atom. The number of halogens is 1. The molecule has 0 unspecified atom stereocenters. The van der Waals surface area contributed by atoms with Crippen LogP contribution in [-0.4, -0.2) is 7.11 Å². The maximum atomic E-state index is 14.0. The Morgan fingerprint density at radius 3 is 2.31 bits per heavy atom. The van der Waals surface area contributed by atoms with Gasteiger partial charge in [0, 0.05) is 6.07 Å². The van der Waals surface area contributed by atoms with Crippen molar-refractivity contribution in [2.24, 2.45) is 0 Å². The van der Waals surface area contributed by atoms with E-state index < -0.39 is 0 Å². The molecule has 0 aliphatic heterocycles. The molecule has 2 aromatic carbocycles. The molecule has 0 aromatic heterocycles. The van der Waals surface area contributed by atoms with Crippen molar-refractivity contribution >= 4 is 11.4 Å².